The molecule has 0 unspecified atom stereocenters. The van der Waals surface area contributed by atoms with Crippen molar-refractivity contribution in [1.82, 2.24) is 0 Å². The summed E-state index contributed by atoms with van der Waals surface area (Å²) in [6.45, 7) is 0.911. The van der Waals surface area contributed by atoms with E-state index in [2.05, 4.69) is 5.32 Å². The third kappa shape index (κ3) is 3.58. The topological polar surface area (TPSA) is 38.0 Å². The Morgan fingerprint density at radius 2 is 2.00 bits per heavy atom. The summed E-state index contributed by atoms with van der Waals surface area (Å²) in [5.41, 5.74) is 6.74. The van der Waals surface area contributed by atoms with Crippen molar-refractivity contribution in [1.29, 1.82) is 0 Å². The molecule has 4 heteroatoms. The van der Waals surface area contributed by atoms with Crippen LogP contribution in [0.5, 0.6) is 0 Å². The molecule has 1 saturated carbocycles. The molecule has 0 radical (unpaired) electrons. The molecular weight excluding hydrogens is 239 g/mol. The van der Waals surface area contributed by atoms with Gasteiger partial charge in [-0.15, -0.1) is 0 Å². The van der Waals surface area contributed by atoms with Gasteiger partial charge in [-0.25, -0.2) is 4.39 Å². The van der Waals surface area contributed by atoms with Crippen molar-refractivity contribution < 1.29 is 4.39 Å². The van der Waals surface area contributed by atoms with Gasteiger partial charge in [0.1, 0.15) is 5.82 Å². The lowest BCUT2D eigenvalue weighted by atomic mass is 9.86. The van der Waals surface area contributed by atoms with Gasteiger partial charge in [-0.3, -0.25) is 0 Å². The Labute approximate surface area is 106 Å². The molecule has 2 nitrogen and oxygen atoms in total. The summed E-state index contributed by atoms with van der Waals surface area (Å²) in [5.74, 6) is 0.291. The fraction of sp³-hybridized carbons (Fsp3) is 0.538. The predicted molar refractivity (Wildman–Crippen MR) is 69.8 cm³/mol. The van der Waals surface area contributed by atoms with Gasteiger partial charge in [0.05, 0.1) is 5.02 Å². The van der Waals surface area contributed by atoms with E-state index in [4.69, 9.17) is 17.3 Å². The second-order valence-electron chi connectivity index (χ2n) is 4.79. The van der Waals surface area contributed by atoms with Crippen LogP contribution in [0.2, 0.25) is 5.02 Å². The molecule has 1 aliphatic rings. The molecule has 0 bridgehead atoms. The molecule has 0 spiro atoms. The molecule has 94 valence electrons. The van der Waals surface area contributed by atoms with Gasteiger partial charge in [-0.05, 0) is 49.8 Å². The third-order valence-corrected chi connectivity index (χ3v) is 3.70. The highest BCUT2D eigenvalue weighted by molar-refractivity contribution is 6.31. The lowest BCUT2D eigenvalue weighted by Gasteiger charge is -2.26. The van der Waals surface area contributed by atoms with Crippen LogP contribution in [-0.4, -0.2) is 12.6 Å². The second kappa shape index (κ2) is 5.69. The van der Waals surface area contributed by atoms with Crippen molar-refractivity contribution in [3.8, 4) is 0 Å². The molecule has 1 aliphatic carbocycles. The molecular formula is C13H18ClFN2. The molecule has 1 fully saturated rings. The van der Waals surface area contributed by atoms with Crippen LogP contribution in [-0.2, 0) is 0 Å². The normalized spacial score (nSPS) is 24.6. The summed E-state index contributed by atoms with van der Waals surface area (Å²) in [4.78, 5) is 0. The van der Waals surface area contributed by atoms with Crippen molar-refractivity contribution in [3.05, 3.63) is 29.0 Å². The van der Waals surface area contributed by atoms with E-state index in [-0.39, 0.29) is 10.8 Å². The minimum Gasteiger partial charge on any atom is -0.385 e. The molecule has 0 amide bonds. The summed E-state index contributed by atoms with van der Waals surface area (Å²) >= 11 is 5.72. The van der Waals surface area contributed by atoms with Gasteiger partial charge in [0, 0.05) is 18.3 Å². The van der Waals surface area contributed by atoms with Crippen molar-refractivity contribution in [3.63, 3.8) is 0 Å². The number of halogens is 2. The van der Waals surface area contributed by atoms with Crippen molar-refractivity contribution >= 4 is 17.3 Å². The first-order chi connectivity index (χ1) is 8.15. The molecule has 2 rings (SSSR count). The molecule has 17 heavy (non-hydrogen) atoms. The van der Waals surface area contributed by atoms with E-state index in [0.717, 1.165) is 25.1 Å². The van der Waals surface area contributed by atoms with Gasteiger partial charge >= 0.3 is 0 Å². The lowest BCUT2D eigenvalue weighted by Crippen LogP contribution is -2.29. The van der Waals surface area contributed by atoms with E-state index < -0.39 is 0 Å². The van der Waals surface area contributed by atoms with Crippen LogP contribution in [0, 0.1) is 11.7 Å². The van der Waals surface area contributed by atoms with Gasteiger partial charge in [-0.1, -0.05) is 11.6 Å². The first-order valence-electron chi connectivity index (χ1n) is 6.09. The average Bonchev–Trinajstić information content (AvgIpc) is 2.33. The predicted octanol–water partition coefficient (Wildman–Crippen LogP) is 3.41. The maximum Gasteiger partial charge on any atom is 0.141 e. The lowest BCUT2D eigenvalue weighted by molar-refractivity contribution is 0.339. The van der Waals surface area contributed by atoms with Crippen LogP contribution < -0.4 is 11.1 Å². The number of rotatable bonds is 3. The SMILES string of the molecule is NC1CCC(CNc2ccc(F)c(Cl)c2)CC1. The van der Waals surface area contributed by atoms with E-state index >= 15 is 0 Å². The highest BCUT2D eigenvalue weighted by atomic mass is 35.5. The number of nitrogens with two attached hydrogens (primary N) is 1. The number of hydrogen-bond acceptors (Lipinski definition) is 2. The van der Waals surface area contributed by atoms with Crippen LogP contribution >= 0.6 is 11.6 Å². The minimum absolute atomic E-state index is 0.167. The molecule has 0 atom stereocenters. The monoisotopic (exact) mass is 256 g/mol. The highest BCUT2D eigenvalue weighted by Crippen LogP contribution is 2.24. The third-order valence-electron chi connectivity index (χ3n) is 3.41. The quantitative estimate of drug-likeness (QED) is 0.870. The van der Waals surface area contributed by atoms with E-state index in [9.17, 15) is 4.39 Å². The molecule has 0 heterocycles. The summed E-state index contributed by atoms with van der Waals surface area (Å²) in [5, 5.41) is 3.47. The zero-order valence-corrected chi connectivity index (χ0v) is 10.5. The van der Waals surface area contributed by atoms with Crippen LogP contribution in [0.4, 0.5) is 10.1 Å². The number of hydrogen-bond donors (Lipinski definition) is 2. The Morgan fingerprint density at radius 3 is 2.65 bits per heavy atom. The highest BCUT2D eigenvalue weighted by Gasteiger charge is 2.18. The zero-order valence-electron chi connectivity index (χ0n) is 9.76. The van der Waals surface area contributed by atoms with Crippen LogP contribution in [0.3, 0.4) is 0 Å². The summed E-state index contributed by atoms with van der Waals surface area (Å²) in [6.07, 6.45) is 4.55. The van der Waals surface area contributed by atoms with Crippen LogP contribution in [0.25, 0.3) is 0 Å². The molecule has 0 aromatic heterocycles. The fourth-order valence-corrected chi connectivity index (χ4v) is 2.44. The first kappa shape index (κ1) is 12.7. The van der Waals surface area contributed by atoms with Crippen LogP contribution in [0.1, 0.15) is 25.7 Å². The van der Waals surface area contributed by atoms with E-state index in [1.165, 1.54) is 18.9 Å². The summed E-state index contributed by atoms with van der Waals surface area (Å²) in [7, 11) is 0. The van der Waals surface area contributed by atoms with Gasteiger partial charge in [-0.2, -0.15) is 0 Å². The average molecular weight is 257 g/mol. The Hall–Kier alpha value is -0.800. The molecule has 0 saturated heterocycles. The second-order valence-corrected chi connectivity index (χ2v) is 5.20. The number of anilines is 1. The molecule has 3 N–H and O–H groups in total. The van der Waals surface area contributed by atoms with Crippen molar-refractivity contribution in [2.45, 2.75) is 31.7 Å². The summed E-state index contributed by atoms with van der Waals surface area (Å²) < 4.78 is 13.0. The Bertz CT molecular complexity index is 376. The van der Waals surface area contributed by atoms with Gasteiger partial charge < -0.3 is 11.1 Å². The van der Waals surface area contributed by atoms with Gasteiger partial charge in [0.2, 0.25) is 0 Å². The Morgan fingerprint density at radius 1 is 1.29 bits per heavy atom. The van der Waals surface area contributed by atoms with Crippen molar-refractivity contribution in [2.24, 2.45) is 11.7 Å². The van der Waals surface area contributed by atoms with Crippen LogP contribution in [0.15, 0.2) is 18.2 Å². The fourth-order valence-electron chi connectivity index (χ4n) is 2.26. The summed E-state index contributed by atoms with van der Waals surface area (Å²) in [6, 6.07) is 5.12. The largest absolute Gasteiger partial charge is 0.385 e. The van der Waals surface area contributed by atoms with Gasteiger partial charge in [0.15, 0.2) is 0 Å². The van der Waals surface area contributed by atoms with E-state index in [0.29, 0.717) is 12.0 Å². The van der Waals surface area contributed by atoms with E-state index in [1.54, 1.807) is 12.1 Å². The maximum atomic E-state index is 13.0. The minimum atomic E-state index is -0.374. The zero-order chi connectivity index (χ0) is 12.3. The molecule has 0 aliphatic heterocycles. The van der Waals surface area contributed by atoms with Crippen molar-refractivity contribution in [2.75, 3.05) is 11.9 Å². The smallest absolute Gasteiger partial charge is 0.141 e. The number of benzene rings is 1. The Kier molecular flexibility index (Phi) is 4.24. The maximum absolute atomic E-state index is 13.0. The molecule has 1 aromatic rings. The number of nitrogens with one attached hydrogen (secondary N) is 1. The van der Waals surface area contributed by atoms with Gasteiger partial charge in [0.25, 0.3) is 0 Å². The first-order valence-corrected chi connectivity index (χ1v) is 6.47. The standard InChI is InChI=1S/C13H18ClFN2/c14-12-7-11(5-6-13(12)15)17-8-9-1-3-10(16)4-2-9/h5-7,9-10,17H,1-4,8,16H2. The van der Waals surface area contributed by atoms with E-state index in [1.807, 2.05) is 0 Å². The molecule has 1 aromatic carbocycles. The Balaban J connectivity index is 1.83.